The van der Waals surface area contributed by atoms with E-state index in [9.17, 15) is 0 Å². The van der Waals surface area contributed by atoms with Crippen molar-refractivity contribution in [3.05, 3.63) is 117 Å². The van der Waals surface area contributed by atoms with E-state index in [0.29, 0.717) is 0 Å². The Kier molecular flexibility index (Phi) is 5.79. The summed E-state index contributed by atoms with van der Waals surface area (Å²) in [5, 5.41) is 0. The first-order valence-electron chi connectivity index (χ1n) is 15.5. The van der Waals surface area contributed by atoms with Crippen LogP contribution in [0.3, 0.4) is 0 Å². The quantitative estimate of drug-likeness (QED) is 0.180. The monoisotopic (exact) mass is 540 g/mol. The third-order valence-corrected chi connectivity index (χ3v) is 9.60. The highest BCUT2D eigenvalue weighted by atomic mass is 14.5. The van der Waals surface area contributed by atoms with Gasteiger partial charge in [-0.1, -0.05) is 144 Å². The molecule has 0 unspecified atom stereocenters. The minimum atomic E-state index is -0.329. The molecule has 0 saturated heterocycles. The van der Waals surface area contributed by atoms with Crippen LogP contribution in [0.15, 0.2) is 72.8 Å². The molecule has 0 aliphatic heterocycles. The Morgan fingerprint density at radius 1 is 0.341 bits per heavy atom. The summed E-state index contributed by atoms with van der Waals surface area (Å²) in [5.74, 6) is 0. The second kappa shape index (κ2) is 8.47. The molecule has 2 aliphatic rings. The van der Waals surface area contributed by atoms with Crippen LogP contribution < -0.4 is 0 Å². The van der Waals surface area contributed by atoms with E-state index in [4.69, 9.17) is 0 Å². The first kappa shape index (κ1) is 28.0. The smallest absolute Gasteiger partial charge is 0.0619 e. The van der Waals surface area contributed by atoms with Gasteiger partial charge in [0, 0.05) is 0 Å². The van der Waals surface area contributed by atoms with Gasteiger partial charge in [-0.3, -0.25) is 0 Å². The summed E-state index contributed by atoms with van der Waals surface area (Å²) < 4.78 is 0. The zero-order valence-corrected chi connectivity index (χ0v) is 27.4. The maximum Gasteiger partial charge on any atom is 0.0725 e. The normalized spacial score (nSPS) is 15.5. The van der Waals surface area contributed by atoms with Crippen molar-refractivity contribution in [3.8, 4) is 22.3 Å². The van der Waals surface area contributed by atoms with Crippen LogP contribution in [0.2, 0.25) is 0 Å². The van der Waals surface area contributed by atoms with Gasteiger partial charge in [-0.05, 0) is 101 Å². The fourth-order valence-electron chi connectivity index (χ4n) is 7.71. The first-order valence-corrected chi connectivity index (χ1v) is 15.5. The fourth-order valence-corrected chi connectivity index (χ4v) is 7.71. The van der Waals surface area contributed by atoms with Crippen molar-refractivity contribution in [1.29, 1.82) is 0 Å². The summed E-state index contributed by atoms with van der Waals surface area (Å²) in [6.07, 6.45) is 0. The van der Waals surface area contributed by atoms with E-state index in [-0.39, 0.29) is 27.1 Å². The van der Waals surface area contributed by atoms with Gasteiger partial charge >= 0.3 is 0 Å². The van der Waals surface area contributed by atoms with E-state index in [2.05, 4.69) is 156 Å². The van der Waals surface area contributed by atoms with Gasteiger partial charge in [-0.25, -0.2) is 0 Å². The fraction of sp³-hybridized carbons (Fsp3) is 0.415. The average molecular weight is 541 g/mol. The van der Waals surface area contributed by atoms with E-state index in [1.54, 1.807) is 0 Å². The minimum absolute atomic E-state index is 0.0290. The largest absolute Gasteiger partial charge is 0.0725 e. The lowest BCUT2D eigenvalue weighted by molar-refractivity contribution is 0.527. The van der Waals surface area contributed by atoms with Crippen LogP contribution in [0.1, 0.15) is 128 Å². The molecule has 0 heteroatoms. The molecule has 2 aliphatic carbocycles. The highest BCUT2D eigenvalue weighted by Gasteiger charge is 2.53. The van der Waals surface area contributed by atoms with Gasteiger partial charge in [0.05, 0.1) is 5.41 Å². The molecule has 0 fully saturated rings. The molecule has 0 atom stereocenters. The number of benzene rings is 4. The van der Waals surface area contributed by atoms with Crippen LogP contribution in [0.25, 0.3) is 22.3 Å². The van der Waals surface area contributed by atoms with Crippen molar-refractivity contribution in [2.75, 3.05) is 0 Å². The van der Waals surface area contributed by atoms with E-state index in [0.717, 1.165) is 0 Å². The second-order valence-corrected chi connectivity index (χ2v) is 16.7. The summed E-state index contributed by atoms with van der Waals surface area (Å²) >= 11 is 0. The lowest BCUT2D eigenvalue weighted by Crippen LogP contribution is -2.29. The summed E-state index contributed by atoms with van der Waals surface area (Å²) in [6, 6.07) is 28.8. The number of hydrogen-bond acceptors (Lipinski definition) is 0. The summed E-state index contributed by atoms with van der Waals surface area (Å²) in [5.41, 5.74) is 17.0. The summed E-state index contributed by atoms with van der Waals surface area (Å²) in [6.45, 7) is 28.5. The summed E-state index contributed by atoms with van der Waals surface area (Å²) in [7, 11) is 0. The first-order chi connectivity index (χ1) is 18.9. The van der Waals surface area contributed by atoms with Gasteiger partial charge in [0.25, 0.3) is 0 Å². The highest BCUT2D eigenvalue weighted by molar-refractivity contribution is 5.96. The van der Waals surface area contributed by atoms with E-state index >= 15 is 0 Å². The van der Waals surface area contributed by atoms with Crippen molar-refractivity contribution in [3.63, 3.8) is 0 Å². The Labute approximate surface area is 249 Å². The van der Waals surface area contributed by atoms with Crippen LogP contribution in [0.4, 0.5) is 0 Å². The lowest BCUT2D eigenvalue weighted by atomic mass is 9.66. The van der Waals surface area contributed by atoms with Gasteiger partial charge < -0.3 is 0 Å². The molecule has 0 radical (unpaired) electrons. The topological polar surface area (TPSA) is 0 Å². The molecule has 4 aromatic carbocycles. The predicted octanol–water partition coefficient (Wildman–Crippen LogP) is 11.2. The number of hydrogen-bond donors (Lipinski definition) is 0. The van der Waals surface area contributed by atoms with Crippen LogP contribution >= 0.6 is 0 Å². The van der Waals surface area contributed by atoms with E-state index < -0.39 is 0 Å². The Morgan fingerprint density at radius 3 is 0.951 bits per heavy atom. The lowest BCUT2D eigenvalue weighted by Gasteiger charge is -2.36. The number of fused-ring (bicyclic) bond motifs is 10. The molecule has 0 saturated carbocycles. The van der Waals surface area contributed by atoms with Crippen LogP contribution in [0.5, 0.6) is 0 Å². The molecule has 0 amide bonds. The molecule has 6 rings (SSSR count). The third kappa shape index (κ3) is 3.93. The van der Waals surface area contributed by atoms with Gasteiger partial charge in [0.1, 0.15) is 0 Å². The Balaban J connectivity index is 1.84. The van der Waals surface area contributed by atoms with E-state index in [1.807, 2.05) is 0 Å². The van der Waals surface area contributed by atoms with Crippen molar-refractivity contribution in [1.82, 2.24) is 0 Å². The molecule has 0 heterocycles. The van der Waals surface area contributed by atoms with Crippen LogP contribution in [0, 0.1) is 0 Å². The highest BCUT2D eigenvalue weighted by Crippen LogP contribution is 2.64. The molecule has 41 heavy (non-hydrogen) atoms. The molecule has 212 valence electrons. The number of rotatable bonds is 0. The van der Waals surface area contributed by atoms with Gasteiger partial charge in [0.2, 0.25) is 0 Å². The summed E-state index contributed by atoms with van der Waals surface area (Å²) in [4.78, 5) is 0. The molecule has 4 aromatic rings. The predicted molar refractivity (Wildman–Crippen MR) is 178 cm³/mol. The van der Waals surface area contributed by atoms with Crippen LogP contribution in [-0.2, 0) is 27.1 Å². The van der Waals surface area contributed by atoms with Crippen molar-refractivity contribution >= 4 is 0 Å². The van der Waals surface area contributed by atoms with Crippen molar-refractivity contribution in [2.45, 2.75) is 110 Å². The molecule has 0 aromatic heterocycles. The molecule has 0 N–H and O–H groups in total. The molecular formula is C41H48. The molecule has 0 bridgehead atoms. The van der Waals surface area contributed by atoms with Gasteiger partial charge in [-0.15, -0.1) is 0 Å². The zero-order chi connectivity index (χ0) is 29.9. The molecular weight excluding hydrogens is 492 g/mol. The van der Waals surface area contributed by atoms with E-state index in [1.165, 1.54) is 66.8 Å². The second-order valence-electron chi connectivity index (χ2n) is 16.7. The standard InChI is InChI=1S/C41H48/c1-37(2,3)33-21-27-25-17-13-15-19-29(25)41(31(27)23-35(33)39(7,8)9)30-20-16-14-18-26(30)28-22-34(38(4,5)6)36(24-32(28)41)40(10,11)12/h13-24H,1-12H3. The zero-order valence-electron chi connectivity index (χ0n) is 27.4. The van der Waals surface area contributed by atoms with Crippen molar-refractivity contribution < 1.29 is 0 Å². The van der Waals surface area contributed by atoms with Crippen LogP contribution in [-0.4, -0.2) is 0 Å². The SMILES string of the molecule is CC(C)(C)c1cc2c(cc1C(C)(C)C)C1(c3ccccc3-2)c2ccccc2-c2cc(C(C)(C)C)c(C(C)(C)C)cc21. The van der Waals surface area contributed by atoms with Crippen molar-refractivity contribution in [2.24, 2.45) is 0 Å². The molecule has 1 spiro atoms. The average Bonchev–Trinajstić information content (AvgIpc) is 3.32. The van der Waals surface area contributed by atoms with Gasteiger partial charge in [0.15, 0.2) is 0 Å². The maximum absolute atomic E-state index is 2.61. The third-order valence-electron chi connectivity index (χ3n) is 9.60. The molecule has 0 nitrogen and oxygen atoms in total. The Hall–Kier alpha value is -3.12. The minimum Gasteiger partial charge on any atom is -0.0619 e. The Morgan fingerprint density at radius 2 is 0.634 bits per heavy atom. The van der Waals surface area contributed by atoms with Gasteiger partial charge in [-0.2, -0.15) is 0 Å². The Bertz CT molecular complexity index is 1570. The maximum atomic E-state index is 2.61.